The normalized spacial score (nSPS) is 15.9. The SMILES string of the molecule is O=C(O)c1ccc(NC(=O)c2cc(Cl)c(OC3CCCC3)c(OC3CCCC3)c2)cc1.[Li+].[OH-]. The van der Waals surface area contributed by atoms with E-state index in [1.807, 2.05) is 0 Å². The Bertz CT molecular complexity index is 956. The van der Waals surface area contributed by atoms with E-state index in [0.29, 0.717) is 27.8 Å². The summed E-state index contributed by atoms with van der Waals surface area (Å²) >= 11 is 6.55. The molecule has 172 valence electrons. The topological polar surface area (TPSA) is 115 Å². The first-order valence-electron chi connectivity index (χ1n) is 10.8. The summed E-state index contributed by atoms with van der Waals surface area (Å²) in [6.45, 7) is 0. The number of carboxylic acids is 1. The van der Waals surface area contributed by atoms with Crippen molar-refractivity contribution in [1.29, 1.82) is 0 Å². The molecule has 0 unspecified atom stereocenters. The number of hydrogen-bond donors (Lipinski definition) is 2. The Morgan fingerprint density at radius 2 is 1.42 bits per heavy atom. The van der Waals surface area contributed by atoms with Gasteiger partial charge in [0.15, 0.2) is 11.5 Å². The number of anilines is 1. The Balaban J connectivity index is 0.00000193. The average Bonchev–Trinajstić information content (AvgIpc) is 3.45. The van der Waals surface area contributed by atoms with Crippen LogP contribution in [0.15, 0.2) is 36.4 Å². The molecule has 0 aromatic heterocycles. The number of rotatable bonds is 7. The molecule has 0 heterocycles. The molecule has 1 amide bonds. The minimum Gasteiger partial charge on any atom is -0.870 e. The number of carboxylic acid groups (broad SMARTS) is 1. The zero-order chi connectivity index (χ0) is 21.8. The first-order chi connectivity index (χ1) is 15.0. The fourth-order valence-electron chi connectivity index (χ4n) is 4.16. The number of benzene rings is 2. The minimum atomic E-state index is -1.02. The number of carbonyl (C=O) groups excluding carboxylic acids is 1. The number of aromatic carboxylic acids is 1. The molecule has 3 N–H and O–H groups in total. The van der Waals surface area contributed by atoms with Gasteiger partial charge in [-0.2, -0.15) is 0 Å². The second-order valence-electron chi connectivity index (χ2n) is 8.17. The fraction of sp³-hybridized carbons (Fsp3) is 0.417. The Labute approximate surface area is 210 Å². The van der Waals surface area contributed by atoms with Crippen molar-refractivity contribution in [3.8, 4) is 11.5 Å². The molecule has 2 saturated carbocycles. The molecule has 33 heavy (non-hydrogen) atoms. The van der Waals surface area contributed by atoms with E-state index in [-0.39, 0.29) is 48.0 Å². The van der Waals surface area contributed by atoms with Gasteiger partial charge in [0.05, 0.1) is 22.8 Å². The smallest absolute Gasteiger partial charge is 0.870 e. The summed E-state index contributed by atoms with van der Waals surface area (Å²) < 4.78 is 12.4. The van der Waals surface area contributed by atoms with Gasteiger partial charge in [-0.15, -0.1) is 0 Å². The van der Waals surface area contributed by atoms with E-state index in [1.165, 1.54) is 12.1 Å². The summed E-state index contributed by atoms with van der Waals surface area (Å²) in [5.74, 6) is -0.342. The Hall–Kier alpha value is -2.17. The third-order valence-corrected chi connectivity index (χ3v) is 6.12. The number of amides is 1. The van der Waals surface area contributed by atoms with E-state index in [0.717, 1.165) is 51.4 Å². The molecule has 2 aromatic rings. The second kappa shape index (κ2) is 12.3. The number of carbonyl (C=O) groups is 2. The Kier molecular flexibility index (Phi) is 10.1. The van der Waals surface area contributed by atoms with Gasteiger partial charge in [-0.25, -0.2) is 4.79 Å². The van der Waals surface area contributed by atoms with Crippen LogP contribution >= 0.6 is 11.6 Å². The molecule has 7 nitrogen and oxygen atoms in total. The third-order valence-electron chi connectivity index (χ3n) is 5.84. The molecule has 2 aliphatic carbocycles. The van der Waals surface area contributed by atoms with Crippen LogP contribution in [0.1, 0.15) is 72.1 Å². The molecule has 0 aliphatic heterocycles. The number of ether oxygens (including phenoxy) is 2. The fourth-order valence-corrected chi connectivity index (χ4v) is 4.41. The maximum Gasteiger partial charge on any atom is 1.00 e. The molecule has 0 spiro atoms. The number of halogens is 1. The molecule has 0 bridgehead atoms. The van der Waals surface area contributed by atoms with Gasteiger partial charge in [0.25, 0.3) is 5.91 Å². The van der Waals surface area contributed by atoms with Crippen LogP contribution in [-0.2, 0) is 0 Å². The summed E-state index contributed by atoms with van der Waals surface area (Å²) in [6, 6.07) is 9.27. The van der Waals surface area contributed by atoms with E-state index in [2.05, 4.69) is 5.32 Å². The van der Waals surface area contributed by atoms with Crippen molar-refractivity contribution in [2.75, 3.05) is 5.32 Å². The zero-order valence-corrected chi connectivity index (χ0v) is 19.4. The van der Waals surface area contributed by atoms with Crippen LogP contribution in [0.3, 0.4) is 0 Å². The van der Waals surface area contributed by atoms with Gasteiger partial charge in [-0.1, -0.05) is 11.6 Å². The number of nitrogens with one attached hydrogen (secondary N) is 1. The monoisotopic (exact) mass is 467 g/mol. The van der Waals surface area contributed by atoms with Crippen LogP contribution in [0.25, 0.3) is 0 Å². The van der Waals surface area contributed by atoms with Crippen molar-refractivity contribution in [2.45, 2.75) is 63.6 Å². The van der Waals surface area contributed by atoms with Crippen LogP contribution in [0, 0.1) is 0 Å². The van der Waals surface area contributed by atoms with Gasteiger partial charge in [-0.05, 0) is 87.8 Å². The molecule has 0 saturated heterocycles. The summed E-state index contributed by atoms with van der Waals surface area (Å²) in [4.78, 5) is 23.8. The third kappa shape index (κ3) is 6.91. The summed E-state index contributed by atoms with van der Waals surface area (Å²) in [5, 5.41) is 12.1. The molecule has 9 heteroatoms. The van der Waals surface area contributed by atoms with Gasteiger partial charge < -0.3 is 25.4 Å². The van der Waals surface area contributed by atoms with E-state index in [9.17, 15) is 9.59 Å². The zero-order valence-electron chi connectivity index (χ0n) is 18.7. The molecular weight excluding hydrogens is 441 g/mol. The van der Waals surface area contributed by atoms with Crippen LogP contribution in [-0.4, -0.2) is 34.7 Å². The largest absolute Gasteiger partial charge is 1.00 e. The number of hydrogen-bond acceptors (Lipinski definition) is 5. The van der Waals surface area contributed by atoms with Gasteiger partial charge >= 0.3 is 24.8 Å². The van der Waals surface area contributed by atoms with Crippen molar-refractivity contribution >= 4 is 29.2 Å². The van der Waals surface area contributed by atoms with E-state index < -0.39 is 5.97 Å². The van der Waals surface area contributed by atoms with Crippen molar-refractivity contribution < 1.29 is 48.5 Å². The van der Waals surface area contributed by atoms with E-state index >= 15 is 0 Å². The molecule has 4 rings (SSSR count). The van der Waals surface area contributed by atoms with Crippen molar-refractivity contribution in [3.63, 3.8) is 0 Å². The average molecular weight is 468 g/mol. The summed E-state index contributed by atoms with van der Waals surface area (Å²) in [7, 11) is 0. The van der Waals surface area contributed by atoms with Crippen LogP contribution in [0.2, 0.25) is 5.02 Å². The first-order valence-corrected chi connectivity index (χ1v) is 11.2. The van der Waals surface area contributed by atoms with E-state index in [1.54, 1.807) is 24.3 Å². The summed E-state index contributed by atoms with van der Waals surface area (Å²) in [6.07, 6.45) is 8.71. The Morgan fingerprint density at radius 3 is 1.97 bits per heavy atom. The van der Waals surface area contributed by atoms with Crippen LogP contribution < -0.4 is 33.7 Å². The minimum absolute atomic E-state index is 0. The maximum atomic E-state index is 12.8. The molecule has 2 aliphatic rings. The standard InChI is InChI=1S/C24H26ClNO5.Li.H2O/c25-20-13-16(23(27)26-17-11-9-15(10-12-17)24(28)29)14-21(30-18-5-1-2-6-18)22(20)31-19-7-3-4-8-19;;/h9-14,18-19H,1-8H2,(H,26,27)(H,28,29);;1H2/q;+1;/p-1. The molecule has 0 atom stereocenters. The van der Waals surface area contributed by atoms with Crippen molar-refractivity contribution in [2.24, 2.45) is 0 Å². The van der Waals surface area contributed by atoms with Gasteiger partial charge in [-0.3, -0.25) is 4.79 Å². The van der Waals surface area contributed by atoms with Gasteiger partial charge in [0.1, 0.15) is 0 Å². The van der Waals surface area contributed by atoms with Crippen LogP contribution in [0.5, 0.6) is 11.5 Å². The maximum absolute atomic E-state index is 12.8. The van der Waals surface area contributed by atoms with Crippen LogP contribution in [0.4, 0.5) is 5.69 Å². The van der Waals surface area contributed by atoms with Gasteiger partial charge in [0, 0.05) is 11.3 Å². The predicted octanol–water partition coefficient (Wildman–Crippen LogP) is 2.76. The molecule has 2 aromatic carbocycles. The quantitative estimate of drug-likeness (QED) is 0.605. The van der Waals surface area contributed by atoms with Crippen molar-refractivity contribution in [1.82, 2.24) is 0 Å². The molecule has 0 radical (unpaired) electrons. The first kappa shape index (κ1) is 27.1. The Morgan fingerprint density at radius 1 is 0.879 bits per heavy atom. The summed E-state index contributed by atoms with van der Waals surface area (Å²) in [5.41, 5.74) is 1.01. The molecule has 2 fully saturated rings. The van der Waals surface area contributed by atoms with Gasteiger partial charge in [0.2, 0.25) is 0 Å². The second-order valence-corrected chi connectivity index (χ2v) is 8.58. The van der Waals surface area contributed by atoms with Crippen molar-refractivity contribution in [3.05, 3.63) is 52.5 Å². The molecular formula is C24H27ClLiNO6. The predicted molar refractivity (Wildman–Crippen MR) is 121 cm³/mol. The van der Waals surface area contributed by atoms with E-state index in [4.69, 9.17) is 26.2 Å².